The van der Waals surface area contributed by atoms with Gasteiger partial charge in [0, 0.05) is 38.4 Å². The SMILES string of the molecule is COCCC(=Cc1ccccc1)[C@@H]1C[C@H]1NC1CCC(NCC(C)(C)C(=O)OC(C)(C)C)CC1. The lowest BCUT2D eigenvalue weighted by atomic mass is 9.88. The molecule has 0 spiro atoms. The summed E-state index contributed by atoms with van der Waals surface area (Å²) in [7, 11) is 1.78. The van der Waals surface area contributed by atoms with Crippen LogP contribution >= 0.6 is 0 Å². The molecule has 3 rings (SSSR count). The maximum absolute atomic E-state index is 12.5. The van der Waals surface area contributed by atoms with Crippen LogP contribution < -0.4 is 10.6 Å². The van der Waals surface area contributed by atoms with E-state index in [4.69, 9.17) is 9.47 Å². The Morgan fingerprint density at radius 1 is 1.03 bits per heavy atom. The first kappa shape index (κ1) is 26.9. The molecule has 2 saturated carbocycles. The standard InChI is InChI=1S/C29H46N2O3/c1-28(2,3)34-27(32)29(4,5)20-30-23-12-14-24(15-13-23)31-26-19-25(26)22(16-17-33-6)18-21-10-8-7-9-11-21/h7-11,18,23-26,30-31H,12-17,19-20H2,1-6H3/t23?,24?,25-,26+/m0/s1. The van der Waals surface area contributed by atoms with Crippen molar-refractivity contribution in [1.82, 2.24) is 10.6 Å². The van der Waals surface area contributed by atoms with Gasteiger partial charge < -0.3 is 20.1 Å². The number of carbonyl (C=O) groups is 1. The highest BCUT2D eigenvalue weighted by atomic mass is 16.6. The van der Waals surface area contributed by atoms with E-state index in [0.29, 0.717) is 30.6 Å². The smallest absolute Gasteiger partial charge is 0.313 e. The van der Waals surface area contributed by atoms with E-state index in [2.05, 4.69) is 47.0 Å². The topological polar surface area (TPSA) is 59.6 Å². The molecule has 0 aliphatic heterocycles. The molecule has 0 heterocycles. The van der Waals surface area contributed by atoms with Gasteiger partial charge in [-0.05, 0) is 84.6 Å². The maximum atomic E-state index is 12.5. The largest absolute Gasteiger partial charge is 0.460 e. The minimum atomic E-state index is -0.521. The van der Waals surface area contributed by atoms with Crippen LogP contribution in [0.15, 0.2) is 35.9 Å². The van der Waals surface area contributed by atoms with Gasteiger partial charge in [-0.25, -0.2) is 0 Å². The van der Waals surface area contributed by atoms with Crippen LogP contribution in [0.3, 0.4) is 0 Å². The third kappa shape index (κ3) is 8.51. The molecule has 1 aromatic rings. The molecule has 34 heavy (non-hydrogen) atoms. The van der Waals surface area contributed by atoms with E-state index < -0.39 is 11.0 Å². The lowest BCUT2D eigenvalue weighted by Gasteiger charge is -2.33. The number of hydrogen-bond donors (Lipinski definition) is 2. The highest BCUT2D eigenvalue weighted by Crippen LogP contribution is 2.41. The molecule has 0 amide bonds. The number of nitrogens with one attached hydrogen (secondary N) is 2. The molecular weight excluding hydrogens is 424 g/mol. The Bertz CT molecular complexity index is 804. The van der Waals surface area contributed by atoms with Crippen molar-refractivity contribution < 1.29 is 14.3 Å². The molecule has 2 atom stereocenters. The van der Waals surface area contributed by atoms with E-state index in [1.165, 1.54) is 30.4 Å². The van der Waals surface area contributed by atoms with Crippen LogP contribution in [-0.4, -0.2) is 50.0 Å². The number of methoxy groups -OCH3 is 1. The van der Waals surface area contributed by atoms with Crippen molar-refractivity contribution in [1.29, 1.82) is 0 Å². The molecule has 0 saturated heterocycles. The van der Waals surface area contributed by atoms with E-state index in [9.17, 15) is 4.79 Å². The predicted octanol–water partition coefficient (Wildman–Crippen LogP) is 5.35. The Balaban J connectivity index is 1.42. The average Bonchev–Trinajstić information content (AvgIpc) is 3.54. The second-order valence-electron chi connectivity index (χ2n) is 11.8. The second-order valence-corrected chi connectivity index (χ2v) is 11.8. The zero-order valence-corrected chi connectivity index (χ0v) is 22.2. The molecule has 0 bridgehead atoms. The number of benzene rings is 1. The molecule has 1 aromatic carbocycles. The van der Waals surface area contributed by atoms with Gasteiger partial charge in [0.15, 0.2) is 0 Å². The summed E-state index contributed by atoms with van der Waals surface area (Å²) in [4.78, 5) is 12.5. The van der Waals surface area contributed by atoms with Gasteiger partial charge in [-0.3, -0.25) is 4.79 Å². The maximum Gasteiger partial charge on any atom is 0.313 e. The third-order valence-electron chi connectivity index (χ3n) is 6.97. The summed E-state index contributed by atoms with van der Waals surface area (Å²) >= 11 is 0. The van der Waals surface area contributed by atoms with Gasteiger partial charge >= 0.3 is 5.97 Å². The van der Waals surface area contributed by atoms with E-state index in [0.717, 1.165) is 25.9 Å². The van der Waals surface area contributed by atoms with Crippen LogP contribution in [0.1, 0.15) is 78.7 Å². The summed E-state index contributed by atoms with van der Waals surface area (Å²) in [6, 6.07) is 12.3. The lowest BCUT2D eigenvalue weighted by Crippen LogP contribution is -2.46. The van der Waals surface area contributed by atoms with E-state index in [1.54, 1.807) is 7.11 Å². The molecule has 2 fully saturated rings. The minimum absolute atomic E-state index is 0.129. The number of rotatable bonds is 11. The van der Waals surface area contributed by atoms with Crippen LogP contribution in [0.25, 0.3) is 6.08 Å². The van der Waals surface area contributed by atoms with E-state index in [1.807, 2.05) is 34.6 Å². The molecule has 190 valence electrons. The lowest BCUT2D eigenvalue weighted by molar-refractivity contribution is -0.165. The van der Waals surface area contributed by atoms with Crippen molar-refractivity contribution in [3.63, 3.8) is 0 Å². The van der Waals surface area contributed by atoms with Crippen LogP contribution in [0.2, 0.25) is 0 Å². The van der Waals surface area contributed by atoms with Crippen molar-refractivity contribution in [2.45, 2.75) is 96.9 Å². The molecule has 0 aromatic heterocycles. The number of ether oxygens (including phenoxy) is 2. The summed E-state index contributed by atoms with van der Waals surface area (Å²) in [5.41, 5.74) is 1.82. The van der Waals surface area contributed by atoms with Crippen molar-refractivity contribution >= 4 is 12.0 Å². The van der Waals surface area contributed by atoms with Gasteiger partial charge in [0.25, 0.3) is 0 Å². The molecule has 2 N–H and O–H groups in total. The zero-order chi connectivity index (χ0) is 24.8. The fourth-order valence-corrected chi connectivity index (χ4v) is 4.79. The summed E-state index contributed by atoms with van der Waals surface area (Å²) in [5.74, 6) is 0.497. The molecule has 2 aliphatic rings. The van der Waals surface area contributed by atoms with Crippen molar-refractivity contribution in [2.24, 2.45) is 11.3 Å². The molecular formula is C29H46N2O3. The Morgan fingerprint density at radius 3 is 2.29 bits per heavy atom. The van der Waals surface area contributed by atoms with Crippen LogP contribution in [0.4, 0.5) is 0 Å². The average molecular weight is 471 g/mol. The first-order valence-electron chi connectivity index (χ1n) is 13.0. The molecule has 2 aliphatic carbocycles. The van der Waals surface area contributed by atoms with E-state index in [-0.39, 0.29) is 5.97 Å². The summed E-state index contributed by atoms with van der Waals surface area (Å²) in [6.07, 6.45) is 9.25. The van der Waals surface area contributed by atoms with Gasteiger partial charge in [-0.1, -0.05) is 42.0 Å². The summed E-state index contributed by atoms with van der Waals surface area (Å²) in [6.45, 7) is 11.1. The van der Waals surface area contributed by atoms with Crippen LogP contribution in [0, 0.1) is 11.3 Å². The second kappa shape index (κ2) is 11.8. The van der Waals surface area contributed by atoms with Crippen LogP contribution in [-0.2, 0) is 14.3 Å². The van der Waals surface area contributed by atoms with Gasteiger partial charge in [0.05, 0.1) is 5.41 Å². The fourth-order valence-electron chi connectivity index (χ4n) is 4.79. The Labute approximate surface area is 207 Å². The fraction of sp³-hybridized carbons (Fsp3) is 0.690. The Hall–Kier alpha value is -1.69. The molecule has 0 radical (unpaired) electrons. The molecule has 0 unspecified atom stereocenters. The van der Waals surface area contributed by atoms with Gasteiger partial charge in [0.1, 0.15) is 5.60 Å². The highest BCUT2D eigenvalue weighted by Gasteiger charge is 2.41. The van der Waals surface area contributed by atoms with Crippen molar-refractivity contribution in [2.75, 3.05) is 20.3 Å². The molecule has 5 heteroatoms. The predicted molar refractivity (Wildman–Crippen MR) is 140 cm³/mol. The van der Waals surface area contributed by atoms with E-state index >= 15 is 0 Å². The summed E-state index contributed by atoms with van der Waals surface area (Å²) < 4.78 is 11.0. The monoisotopic (exact) mass is 470 g/mol. The number of carbonyl (C=O) groups excluding carboxylic acids is 1. The third-order valence-corrected chi connectivity index (χ3v) is 6.97. The van der Waals surface area contributed by atoms with Gasteiger partial charge in [-0.2, -0.15) is 0 Å². The van der Waals surface area contributed by atoms with Gasteiger partial charge in [-0.15, -0.1) is 0 Å². The Morgan fingerprint density at radius 2 is 1.68 bits per heavy atom. The Kier molecular flexibility index (Phi) is 9.36. The number of hydrogen-bond acceptors (Lipinski definition) is 5. The quantitative estimate of drug-likeness (QED) is 0.427. The zero-order valence-electron chi connectivity index (χ0n) is 22.2. The minimum Gasteiger partial charge on any atom is -0.460 e. The first-order valence-corrected chi connectivity index (χ1v) is 13.0. The molecule has 5 nitrogen and oxygen atoms in total. The highest BCUT2D eigenvalue weighted by molar-refractivity contribution is 5.76. The first-order chi connectivity index (χ1) is 16.1. The summed E-state index contributed by atoms with van der Waals surface area (Å²) in [5, 5.41) is 7.58. The normalized spacial score (nSPS) is 25.8. The van der Waals surface area contributed by atoms with Crippen molar-refractivity contribution in [3.8, 4) is 0 Å². The van der Waals surface area contributed by atoms with Crippen LogP contribution in [0.5, 0.6) is 0 Å². The number of esters is 1. The van der Waals surface area contributed by atoms with Gasteiger partial charge in [0.2, 0.25) is 0 Å². The van der Waals surface area contributed by atoms with Crippen molar-refractivity contribution in [3.05, 3.63) is 41.5 Å².